The zero-order valence-corrected chi connectivity index (χ0v) is 17.9. The first-order valence-electron chi connectivity index (χ1n) is 9.25. The van der Waals surface area contributed by atoms with E-state index in [0.717, 1.165) is 35.8 Å². The number of fused-ring (bicyclic) bond motifs is 3. The van der Waals surface area contributed by atoms with E-state index < -0.39 is 0 Å². The fourth-order valence-corrected chi connectivity index (χ4v) is 5.53. The van der Waals surface area contributed by atoms with Gasteiger partial charge in [-0.3, -0.25) is 0 Å². The summed E-state index contributed by atoms with van der Waals surface area (Å²) >= 11 is 3.64. The van der Waals surface area contributed by atoms with E-state index in [9.17, 15) is 0 Å². The first-order valence-corrected chi connectivity index (χ1v) is 10.0. The molecule has 0 saturated heterocycles. The summed E-state index contributed by atoms with van der Waals surface area (Å²) in [5, 5.41) is 8.38. The summed E-state index contributed by atoms with van der Waals surface area (Å²) < 4.78 is 2.98. The highest BCUT2D eigenvalue weighted by Gasteiger charge is 2.44. The second-order valence-corrected chi connectivity index (χ2v) is 8.77. The summed E-state index contributed by atoms with van der Waals surface area (Å²) in [6.45, 7) is 0. The minimum atomic E-state index is 0. The lowest BCUT2D eigenvalue weighted by atomic mass is 9.83. The average Bonchev–Trinajstić information content (AvgIpc) is 3.33. The lowest BCUT2D eigenvalue weighted by Crippen LogP contribution is -2.24. The molecule has 2 aromatic rings. The Kier molecular flexibility index (Phi) is 5.79. The first kappa shape index (κ1) is 20.2. The monoisotopic (exact) mass is 461 g/mol. The summed E-state index contributed by atoms with van der Waals surface area (Å²) in [5.41, 5.74) is 10.1. The molecule has 1 spiro atoms. The number of rotatable bonds is 2. The van der Waals surface area contributed by atoms with Crippen molar-refractivity contribution < 1.29 is 0 Å². The smallest absolute Gasteiger partial charge is 0.171 e. The summed E-state index contributed by atoms with van der Waals surface area (Å²) in [4.78, 5) is 5.09. The van der Waals surface area contributed by atoms with Crippen LogP contribution in [-0.2, 0) is 11.8 Å². The Labute approximate surface area is 174 Å². The molecule has 0 aromatic carbocycles. The topological polar surface area (TPSA) is 68.2 Å². The molecule has 144 valence electrons. The molecule has 2 heterocycles. The molecule has 0 unspecified atom stereocenters. The maximum absolute atomic E-state index is 6.12. The van der Waals surface area contributed by atoms with Crippen LogP contribution in [0.2, 0.25) is 0 Å². The predicted molar refractivity (Wildman–Crippen MR) is 113 cm³/mol. The average molecular weight is 463 g/mol. The number of anilines is 1. The van der Waals surface area contributed by atoms with E-state index in [0.29, 0.717) is 17.5 Å². The van der Waals surface area contributed by atoms with Crippen molar-refractivity contribution in [3.63, 3.8) is 0 Å². The van der Waals surface area contributed by atoms with Gasteiger partial charge in [-0.25, -0.2) is 4.98 Å². The van der Waals surface area contributed by atoms with Gasteiger partial charge in [0, 0.05) is 23.1 Å². The van der Waals surface area contributed by atoms with Crippen LogP contribution in [0.4, 0.5) is 5.82 Å². The number of aromatic nitrogens is 3. The largest absolute Gasteiger partial charge is 0.367 e. The third kappa shape index (κ3) is 3.03. The van der Waals surface area contributed by atoms with Gasteiger partial charge in [0.05, 0.1) is 16.4 Å². The molecule has 0 bridgehead atoms. The molecule has 2 aromatic heterocycles. The van der Waals surface area contributed by atoms with Crippen LogP contribution in [0.1, 0.15) is 62.6 Å². The van der Waals surface area contributed by atoms with Gasteiger partial charge in [-0.15, -0.1) is 24.8 Å². The van der Waals surface area contributed by atoms with Gasteiger partial charge in [0.1, 0.15) is 5.82 Å². The first-order chi connectivity index (χ1) is 11.7. The van der Waals surface area contributed by atoms with Crippen LogP contribution in [-0.4, -0.2) is 26.7 Å². The van der Waals surface area contributed by atoms with Crippen LogP contribution in [0, 0.1) is 0 Å². The zero-order valence-electron chi connectivity index (χ0n) is 14.7. The van der Waals surface area contributed by atoms with Gasteiger partial charge in [0.2, 0.25) is 0 Å². The van der Waals surface area contributed by atoms with Crippen molar-refractivity contribution in [1.29, 1.82) is 0 Å². The second-order valence-electron chi connectivity index (χ2n) is 7.92. The molecule has 3 N–H and O–H groups in total. The van der Waals surface area contributed by atoms with Gasteiger partial charge < -0.3 is 11.1 Å². The van der Waals surface area contributed by atoms with Gasteiger partial charge in [0.25, 0.3) is 0 Å². The Morgan fingerprint density at radius 3 is 2.65 bits per heavy atom. The highest BCUT2D eigenvalue weighted by molar-refractivity contribution is 9.10. The van der Waals surface area contributed by atoms with Gasteiger partial charge >= 0.3 is 0 Å². The number of nitrogens with one attached hydrogen (secondary N) is 1. The minimum absolute atomic E-state index is 0. The fourth-order valence-electron chi connectivity index (χ4n) is 5.19. The molecule has 2 saturated carbocycles. The van der Waals surface area contributed by atoms with E-state index in [2.05, 4.69) is 26.3 Å². The molecular formula is C18H26BrCl2N5. The highest BCUT2D eigenvalue weighted by Crippen LogP contribution is 2.51. The van der Waals surface area contributed by atoms with Crippen molar-refractivity contribution in [2.45, 2.75) is 75.3 Å². The van der Waals surface area contributed by atoms with Crippen LogP contribution in [0.3, 0.4) is 0 Å². The van der Waals surface area contributed by atoms with Crippen molar-refractivity contribution in [3.8, 4) is 0 Å². The van der Waals surface area contributed by atoms with Gasteiger partial charge in [-0.05, 0) is 60.9 Å². The Bertz CT molecular complexity index is 802. The molecule has 3 aliphatic rings. The van der Waals surface area contributed by atoms with E-state index in [-0.39, 0.29) is 24.8 Å². The van der Waals surface area contributed by atoms with Crippen molar-refractivity contribution >= 4 is 52.2 Å². The number of hydrogen-bond donors (Lipinski definition) is 2. The van der Waals surface area contributed by atoms with Crippen molar-refractivity contribution in [2.75, 3.05) is 5.32 Å². The summed E-state index contributed by atoms with van der Waals surface area (Å²) in [6.07, 6.45) is 12.8. The number of hydrogen-bond acceptors (Lipinski definition) is 4. The van der Waals surface area contributed by atoms with Crippen LogP contribution in [0.15, 0.2) is 10.7 Å². The molecule has 8 heteroatoms. The third-order valence-electron chi connectivity index (χ3n) is 6.43. The van der Waals surface area contributed by atoms with Crippen LogP contribution < -0.4 is 11.1 Å². The Morgan fingerprint density at radius 2 is 1.96 bits per heavy atom. The SMILES string of the molecule is Cl.Cl.N[C@H]1CC[C@H](Nc2c3c(nc4c(Br)cnn24)C2(CCCC2)CC3)C1. The van der Waals surface area contributed by atoms with E-state index in [1.54, 1.807) is 0 Å². The molecule has 5 nitrogen and oxygen atoms in total. The maximum atomic E-state index is 6.12. The van der Waals surface area contributed by atoms with Crippen molar-refractivity contribution in [2.24, 2.45) is 5.73 Å². The van der Waals surface area contributed by atoms with Crippen molar-refractivity contribution in [3.05, 3.63) is 21.9 Å². The third-order valence-corrected chi connectivity index (χ3v) is 6.99. The summed E-state index contributed by atoms with van der Waals surface area (Å²) in [7, 11) is 0. The normalized spacial score (nSPS) is 25.9. The lowest BCUT2D eigenvalue weighted by molar-refractivity contribution is 0.429. The van der Waals surface area contributed by atoms with E-state index >= 15 is 0 Å². The minimum Gasteiger partial charge on any atom is -0.367 e. The van der Waals surface area contributed by atoms with Gasteiger partial charge in [-0.1, -0.05) is 12.8 Å². The molecule has 0 amide bonds. The molecule has 2 atom stereocenters. The predicted octanol–water partition coefficient (Wildman–Crippen LogP) is 4.39. The van der Waals surface area contributed by atoms with Gasteiger partial charge in [0.15, 0.2) is 5.65 Å². The molecule has 3 aliphatic carbocycles. The lowest BCUT2D eigenvalue weighted by Gasteiger charge is -2.24. The molecule has 0 radical (unpaired) electrons. The quantitative estimate of drug-likeness (QED) is 0.694. The summed E-state index contributed by atoms with van der Waals surface area (Å²) in [5.74, 6) is 1.17. The fraction of sp³-hybridized carbons (Fsp3) is 0.667. The van der Waals surface area contributed by atoms with Gasteiger partial charge in [-0.2, -0.15) is 9.61 Å². The number of nitrogens with two attached hydrogens (primary N) is 1. The van der Waals surface area contributed by atoms with Crippen LogP contribution >= 0.6 is 40.7 Å². The Hall–Kier alpha value is -0.560. The van der Waals surface area contributed by atoms with E-state index in [4.69, 9.17) is 10.7 Å². The molecule has 26 heavy (non-hydrogen) atoms. The highest BCUT2D eigenvalue weighted by atomic mass is 79.9. The Morgan fingerprint density at radius 1 is 1.19 bits per heavy atom. The molecule has 2 fully saturated rings. The van der Waals surface area contributed by atoms with E-state index in [1.165, 1.54) is 49.2 Å². The van der Waals surface area contributed by atoms with Crippen LogP contribution in [0.5, 0.6) is 0 Å². The zero-order chi connectivity index (χ0) is 16.3. The number of halogens is 3. The second kappa shape index (κ2) is 7.46. The molecule has 0 aliphatic heterocycles. The molecule has 5 rings (SSSR count). The van der Waals surface area contributed by atoms with Crippen LogP contribution in [0.25, 0.3) is 5.65 Å². The molecular weight excluding hydrogens is 437 g/mol. The Balaban J connectivity index is 0.000000980. The summed E-state index contributed by atoms with van der Waals surface area (Å²) in [6, 6.07) is 0.788. The number of nitrogens with zero attached hydrogens (tertiary/aromatic N) is 3. The standard InChI is InChI=1S/C18H24BrN5.2ClH/c19-14-10-21-24-16(22-12-4-3-11(20)9-12)13-5-8-18(6-1-2-7-18)15(13)23-17(14)24;;/h10-12,22H,1-9,20H2;2*1H/t11-,12-;;/m0../s1. The maximum Gasteiger partial charge on any atom is 0.171 e. The van der Waals surface area contributed by atoms with E-state index in [1.807, 2.05) is 10.7 Å². The van der Waals surface area contributed by atoms with Crippen molar-refractivity contribution in [1.82, 2.24) is 14.6 Å².